The highest BCUT2D eigenvalue weighted by Crippen LogP contribution is 2.39. The highest BCUT2D eigenvalue weighted by atomic mass is 16.7. The summed E-state index contributed by atoms with van der Waals surface area (Å²) in [5.74, 6) is 1.10. The third-order valence-corrected chi connectivity index (χ3v) is 6.47. The monoisotopic (exact) mass is 428 g/mol. The van der Waals surface area contributed by atoms with Gasteiger partial charge in [-0.25, -0.2) is 0 Å². The van der Waals surface area contributed by atoms with Gasteiger partial charge in [0.2, 0.25) is 0 Å². The van der Waals surface area contributed by atoms with Gasteiger partial charge in [0.25, 0.3) is 0 Å². The van der Waals surface area contributed by atoms with E-state index in [0.29, 0.717) is 17.8 Å². The zero-order valence-corrected chi connectivity index (χ0v) is 20.9. The molecule has 0 amide bonds. The zero-order valence-electron chi connectivity index (χ0n) is 20.9. The smallest absolute Gasteiger partial charge is 0.168 e. The van der Waals surface area contributed by atoms with Crippen LogP contribution in [0.15, 0.2) is 48.6 Å². The lowest BCUT2D eigenvalue weighted by Crippen LogP contribution is -2.41. The first-order valence-corrected chi connectivity index (χ1v) is 13.0. The van der Waals surface area contributed by atoms with Gasteiger partial charge in [0.15, 0.2) is 5.79 Å². The SMILES string of the molecule is CCCCCCCCCC(CCC(C1C=CC=C1)C1C=CC=C1)(OC(C)C)OC(C)C. The van der Waals surface area contributed by atoms with Crippen LogP contribution in [0, 0.1) is 17.8 Å². The molecule has 2 heteroatoms. The van der Waals surface area contributed by atoms with Crippen molar-refractivity contribution in [1.29, 1.82) is 0 Å². The minimum absolute atomic E-state index is 0.166. The highest BCUT2D eigenvalue weighted by Gasteiger charge is 2.36. The third-order valence-electron chi connectivity index (χ3n) is 6.47. The Kier molecular flexibility index (Phi) is 11.9. The predicted octanol–water partition coefficient (Wildman–Crippen LogP) is 8.55. The maximum absolute atomic E-state index is 6.58. The number of rotatable bonds is 17. The van der Waals surface area contributed by atoms with Gasteiger partial charge in [-0.3, -0.25) is 0 Å². The lowest BCUT2D eigenvalue weighted by Gasteiger charge is -2.39. The summed E-state index contributed by atoms with van der Waals surface area (Å²) < 4.78 is 13.2. The first-order chi connectivity index (χ1) is 15.0. The van der Waals surface area contributed by atoms with Crippen LogP contribution in [0.1, 0.15) is 98.8 Å². The second kappa shape index (κ2) is 14.1. The van der Waals surface area contributed by atoms with Crippen LogP contribution >= 0.6 is 0 Å². The molecule has 0 bridgehead atoms. The van der Waals surface area contributed by atoms with Gasteiger partial charge >= 0.3 is 0 Å². The Bertz CT molecular complexity index is 534. The van der Waals surface area contributed by atoms with Gasteiger partial charge in [0.1, 0.15) is 0 Å². The molecule has 0 atom stereocenters. The molecule has 0 radical (unpaired) electrons. The largest absolute Gasteiger partial charge is 0.347 e. The summed E-state index contributed by atoms with van der Waals surface area (Å²) in [5.41, 5.74) is 0. The van der Waals surface area contributed by atoms with E-state index >= 15 is 0 Å². The molecule has 0 saturated heterocycles. The molecule has 0 fully saturated rings. The molecule has 0 heterocycles. The topological polar surface area (TPSA) is 18.5 Å². The third kappa shape index (κ3) is 9.49. The van der Waals surface area contributed by atoms with Gasteiger partial charge in [-0.2, -0.15) is 0 Å². The van der Waals surface area contributed by atoms with E-state index < -0.39 is 5.79 Å². The van der Waals surface area contributed by atoms with Gasteiger partial charge in [-0.15, -0.1) is 0 Å². The first-order valence-electron chi connectivity index (χ1n) is 13.0. The molecule has 0 spiro atoms. The van der Waals surface area contributed by atoms with Crippen molar-refractivity contribution in [3.63, 3.8) is 0 Å². The van der Waals surface area contributed by atoms with Gasteiger partial charge in [-0.05, 0) is 58.3 Å². The summed E-state index contributed by atoms with van der Waals surface area (Å²) >= 11 is 0. The van der Waals surface area contributed by atoms with Crippen molar-refractivity contribution < 1.29 is 9.47 Å². The minimum Gasteiger partial charge on any atom is -0.347 e. The van der Waals surface area contributed by atoms with E-state index in [1.54, 1.807) is 0 Å². The van der Waals surface area contributed by atoms with Crippen molar-refractivity contribution in [2.45, 2.75) is 117 Å². The Hall–Kier alpha value is -1.12. The summed E-state index contributed by atoms with van der Waals surface area (Å²) in [6.07, 6.45) is 30.8. The quantitative estimate of drug-likeness (QED) is 0.171. The number of unbranched alkanes of at least 4 members (excludes halogenated alkanes) is 6. The highest BCUT2D eigenvalue weighted by molar-refractivity contribution is 5.24. The van der Waals surface area contributed by atoms with Crippen LogP contribution in [-0.2, 0) is 9.47 Å². The Balaban J connectivity index is 2.02. The fourth-order valence-corrected chi connectivity index (χ4v) is 5.10. The van der Waals surface area contributed by atoms with Gasteiger partial charge in [0.05, 0.1) is 12.2 Å². The molecule has 31 heavy (non-hydrogen) atoms. The van der Waals surface area contributed by atoms with E-state index in [9.17, 15) is 0 Å². The van der Waals surface area contributed by atoms with Crippen molar-refractivity contribution in [3.05, 3.63) is 48.6 Å². The number of ether oxygens (including phenoxy) is 2. The van der Waals surface area contributed by atoms with Crippen LogP contribution in [0.25, 0.3) is 0 Å². The molecular formula is C29H48O2. The standard InChI is InChI=1S/C29H48O2/c1-6-7-8-9-10-11-16-22-29(30-24(2)3,31-25(4)5)23-21-28(26-17-12-13-18-26)27-19-14-15-20-27/h12-15,17-20,24-28H,6-11,16,21-23H2,1-5H3. The molecule has 2 nitrogen and oxygen atoms in total. The molecule has 0 aromatic carbocycles. The second-order valence-electron chi connectivity index (χ2n) is 10.0. The average molecular weight is 429 g/mol. The fourth-order valence-electron chi connectivity index (χ4n) is 5.10. The van der Waals surface area contributed by atoms with E-state index in [1.807, 2.05) is 0 Å². The molecular weight excluding hydrogens is 380 g/mol. The van der Waals surface area contributed by atoms with Crippen LogP contribution in [0.3, 0.4) is 0 Å². The van der Waals surface area contributed by atoms with Crippen LogP contribution in [0.4, 0.5) is 0 Å². The van der Waals surface area contributed by atoms with Crippen molar-refractivity contribution in [1.82, 2.24) is 0 Å². The summed E-state index contributed by atoms with van der Waals surface area (Å²) in [4.78, 5) is 0. The van der Waals surface area contributed by atoms with Crippen molar-refractivity contribution >= 4 is 0 Å². The van der Waals surface area contributed by atoms with E-state index in [2.05, 4.69) is 83.2 Å². The second-order valence-corrected chi connectivity index (χ2v) is 10.0. The lowest BCUT2D eigenvalue weighted by atomic mass is 9.78. The average Bonchev–Trinajstić information content (AvgIpc) is 3.41. The first kappa shape index (κ1) is 26.1. The van der Waals surface area contributed by atoms with Crippen LogP contribution < -0.4 is 0 Å². The Morgan fingerprint density at radius 1 is 0.645 bits per heavy atom. The van der Waals surface area contributed by atoms with Gasteiger partial charge < -0.3 is 9.47 Å². The van der Waals surface area contributed by atoms with Crippen molar-refractivity contribution in [2.75, 3.05) is 0 Å². The van der Waals surface area contributed by atoms with Crippen molar-refractivity contribution in [3.8, 4) is 0 Å². The number of allylic oxidation sites excluding steroid dienone is 8. The van der Waals surface area contributed by atoms with Gasteiger partial charge in [0, 0.05) is 12.8 Å². The van der Waals surface area contributed by atoms with E-state index in [-0.39, 0.29) is 12.2 Å². The summed E-state index contributed by atoms with van der Waals surface area (Å²) in [7, 11) is 0. The number of hydrogen-bond acceptors (Lipinski definition) is 2. The van der Waals surface area contributed by atoms with Crippen LogP contribution in [0.5, 0.6) is 0 Å². The molecule has 0 aromatic heterocycles. The fraction of sp³-hybridized carbons (Fsp3) is 0.724. The Labute approximate surface area is 192 Å². The van der Waals surface area contributed by atoms with E-state index in [0.717, 1.165) is 19.3 Å². The molecule has 2 rings (SSSR count). The van der Waals surface area contributed by atoms with E-state index in [4.69, 9.17) is 9.47 Å². The summed E-state index contributed by atoms with van der Waals surface area (Å²) in [5, 5.41) is 0. The zero-order chi connectivity index (χ0) is 22.5. The molecule has 2 aliphatic carbocycles. The molecule has 2 aliphatic rings. The minimum atomic E-state index is -0.470. The maximum Gasteiger partial charge on any atom is 0.168 e. The van der Waals surface area contributed by atoms with Crippen LogP contribution in [0.2, 0.25) is 0 Å². The normalized spacial score (nSPS) is 16.9. The molecule has 0 unspecified atom stereocenters. The van der Waals surface area contributed by atoms with Crippen LogP contribution in [-0.4, -0.2) is 18.0 Å². The van der Waals surface area contributed by atoms with E-state index in [1.165, 1.54) is 44.9 Å². The Morgan fingerprint density at radius 3 is 1.55 bits per heavy atom. The molecule has 0 aromatic rings. The Morgan fingerprint density at radius 2 is 1.10 bits per heavy atom. The molecule has 0 aliphatic heterocycles. The summed E-state index contributed by atoms with van der Waals surface area (Å²) in [6, 6.07) is 0. The molecule has 176 valence electrons. The maximum atomic E-state index is 6.58. The molecule has 0 N–H and O–H groups in total. The predicted molar refractivity (Wildman–Crippen MR) is 134 cm³/mol. The van der Waals surface area contributed by atoms with Crippen molar-refractivity contribution in [2.24, 2.45) is 17.8 Å². The summed E-state index contributed by atoms with van der Waals surface area (Å²) in [6.45, 7) is 10.9. The number of hydrogen-bond donors (Lipinski definition) is 0. The van der Waals surface area contributed by atoms with Gasteiger partial charge in [-0.1, -0.05) is 94.1 Å². The molecule has 0 saturated carbocycles. The lowest BCUT2D eigenvalue weighted by molar-refractivity contribution is -0.277.